The summed E-state index contributed by atoms with van der Waals surface area (Å²) in [6, 6.07) is 22.4. The van der Waals surface area contributed by atoms with Gasteiger partial charge in [0.05, 0.1) is 5.52 Å². The number of amides is 2. The molecule has 0 aliphatic heterocycles. The van der Waals surface area contributed by atoms with E-state index in [1.165, 1.54) is 10.5 Å². The monoisotopic (exact) mass is 398 g/mol. The minimum atomic E-state index is -0.357. The number of carbonyl (C=O) groups excluding carboxylic acids is 2. The van der Waals surface area contributed by atoms with E-state index in [4.69, 9.17) is 0 Å². The van der Waals surface area contributed by atoms with Crippen LogP contribution in [-0.4, -0.2) is 28.2 Å². The number of pyridine rings is 1. The van der Waals surface area contributed by atoms with Crippen LogP contribution in [0.15, 0.2) is 79.0 Å². The van der Waals surface area contributed by atoms with Gasteiger partial charge in [0, 0.05) is 24.6 Å². The van der Waals surface area contributed by atoms with Crippen molar-refractivity contribution in [3.63, 3.8) is 0 Å². The maximum Gasteiger partial charge on any atom is 0.294 e. The molecule has 2 amide bonds. The van der Waals surface area contributed by atoms with Gasteiger partial charge in [0.25, 0.3) is 11.8 Å². The molecule has 0 spiro atoms. The Morgan fingerprint density at radius 2 is 1.67 bits per heavy atom. The fraction of sp³-hybridized carbons (Fsp3) is 0.125. The number of para-hydroxylation sites is 1. The predicted molar refractivity (Wildman–Crippen MR) is 118 cm³/mol. The van der Waals surface area contributed by atoms with E-state index >= 15 is 0 Å². The van der Waals surface area contributed by atoms with Crippen molar-refractivity contribution in [2.24, 2.45) is 0 Å². The summed E-state index contributed by atoms with van der Waals surface area (Å²) < 4.78 is 1.65. The third-order valence-electron chi connectivity index (χ3n) is 5.02. The van der Waals surface area contributed by atoms with Crippen molar-refractivity contribution in [2.45, 2.75) is 13.3 Å². The summed E-state index contributed by atoms with van der Waals surface area (Å²) in [5, 5.41) is 2.88. The molecule has 0 unspecified atom stereocenters. The molecular weight excluding hydrogens is 376 g/mol. The van der Waals surface area contributed by atoms with Gasteiger partial charge in [-0.3, -0.25) is 14.0 Å². The Bertz CT molecular complexity index is 1200. The van der Waals surface area contributed by atoms with Crippen LogP contribution >= 0.6 is 0 Å². The number of benzene rings is 2. The molecule has 0 atom stereocenters. The van der Waals surface area contributed by atoms with Gasteiger partial charge in [-0.05, 0) is 48.4 Å². The Balaban J connectivity index is 1.68. The van der Waals surface area contributed by atoms with Gasteiger partial charge in [0.15, 0.2) is 5.69 Å². The third-order valence-corrected chi connectivity index (χ3v) is 5.02. The SMILES string of the molecule is CCc1ccc(NC(=O)c2nc(C(=O)N(C)c3ccccc3)n3ccccc23)cc1. The number of imidazole rings is 1. The number of nitrogens with zero attached hydrogens (tertiary/aromatic N) is 3. The lowest BCUT2D eigenvalue weighted by atomic mass is 10.1. The van der Waals surface area contributed by atoms with Crippen LogP contribution in [-0.2, 0) is 6.42 Å². The van der Waals surface area contributed by atoms with Crippen LogP contribution in [0.1, 0.15) is 33.6 Å². The number of aryl methyl sites for hydroxylation is 1. The highest BCUT2D eigenvalue weighted by atomic mass is 16.2. The molecule has 1 N–H and O–H groups in total. The molecule has 150 valence electrons. The van der Waals surface area contributed by atoms with Crippen LogP contribution in [0.3, 0.4) is 0 Å². The lowest BCUT2D eigenvalue weighted by Gasteiger charge is -2.16. The molecule has 2 aromatic heterocycles. The van der Waals surface area contributed by atoms with Crippen LogP contribution in [0, 0.1) is 0 Å². The summed E-state index contributed by atoms with van der Waals surface area (Å²) in [6.45, 7) is 2.08. The van der Waals surface area contributed by atoms with Crippen molar-refractivity contribution in [3.05, 3.63) is 96.1 Å². The maximum atomic E-state index is 13.1. The molecular formula is C24H22N4O2. The van der Waals surface area contributed by atoms with Crippen molar-refractivity contribution in [2.75, 3.05) is 17.3 Å². The molecule has 2 aromatic carbocycles. The Labute approximate surface area is 174 Å². The fourth-order valence-corrected chi connectivity index (χ4v) is 3.29. The summed E-state index contributed by atoms with van der Waals surface area (Å²) in [7, 11) is 1.69. The Hall–Kier alpha value is -3.93. The third kappa shape index (κ3) is 3.67. The molecule has 30 heavy (non-hydrogen) atoms. The van der Waals surface area contributed by atoms with Gasteiger partial charge in [0.2, 0.25) is 5.82 Å². The predicted octanol–water partition coefficient (Wildman–Crippen LogP) is 4.43. The summed E-state index contributed by atoms with van der Waals surface area (Å²) >= 11 is 0. The first-order valence-electron chi connectivity index (χ1n) is 9.79. The summed E-state index contributed by atoms with van der Waals surface area (Å²) in [5.74, 6) is -0.471. The second-order valence-electron chi connectivity index (χ2n) is 6.94. The molecule has 6 nitrogen and oxygen atoms in total. The summed E-state index contributed by atoms with van der Waals surface area (Å²) in [4.78, 5) is 32.0. The Morgan fingerprint density at radius 1 is 0.967 bits per heavy atom. The van der Waals surface area contributed by atoms with E-state index in [0.717, 1.165) is 12.1 Å². The number of nitrogens with one attached hydrogen (secondary N) is 1. The first-order chi connectivity index (χ1) is 14.6. The largest absolute Gasteiger partial charge is 0.321 e. The minimum absolute atomic E-state index is 0.184. The van der Waals surface area contributed by atoms with E-state index in [1.807, 2.05) is 60.7 Å². The number of anilines is 2. The van der Waals surface area contributed by atoms with Crippen molar-refractivity contribution in [3.8, 4) is 0 Å². The minimum Gasteiger partial charge on any atom is -0.321 e. The second kappa shape index (κ2) is 8.21. The van der Waals surface area contributed by atoms with Crippen LogP contribution in [0.2, 0.25) is 0 Å². The zero-order chi connectivity index (χ0) is 21.1. The standard InChI is InChI=1S/C24H22N4O2/c1-3-17-12-14-18(15-13-17)25-23(29)21-20-11-7-8-16-28(20)22(26-21)24(30)27(2)19-9-5-4-6-10-19/h4-16H,3H2,1-2H3,(H,25,29). The molecule has 0 bridgehead atoms. The lowest BCUT2D eigenvalue weighted by Crippen LogP contribution is -2.28. The van der Waals surface area contributed by atoms with Gasteiger partial charge in [-0.15, -0.1) is 0 Å². The van der Waals surface area contributed by atoms with Gasteiger partial charge >= 0.3 is 0 Å². The second-order valence-corrected chi connectivity index (χ2v) is 6.94. The fourth-order valence-electron chi connectivity index (χ4n) is 3.29. The van der Waals surface area contributed by atoms with E-state index in [0.29, 0.717) is 11.2 Å². The number of rotatable bonds is 5. The van der Waals surface area contributed by atoms with Gasteiger partial charge in [-0.25, -0.2) is 4.98 Å². The molecule has 6 heteroatoms. The van der Waals surface area contributed by atoms with Crippen LogP contribution in [0.25, 0.3) is 5.52 Å². The van der Waals surface area contributed by atoms with Crippen molar-refractivity contribution < 1.29 is 9.59 Å². The van der Waals surface area contributed by atoms with Gasteiger partial charge in [-0.1, -0.05) is 43.3 Å². The average Bonchev–Trinajstić information content (AvgIpc) is 3.19. The first kappa shape index (κ1) is 19.4. The zero-order valence-electron chi connectivity index (χ0n) is 16.9. The molecule has 0 aliphatic rings. The highest BCUT2D eigenvalue weighted by molar-refractivity contribution is 6.10. The quantitative estimate of drug-likeness (QED) is 0.541. The Kier molecular flexibility index (Phi) is 5.30. The van der Waals surface area contributed by atoms with E-state index in [-0.39, 0.29) is 23.3 Å². The number of fused-ring (bicyclic) bond motifs is 1. The van der Waals surface area contributed by atoms with Gasteiger partial charge in [0.1, 0.15) is 0 Å². The van der Waals surface area contributed by atoms with E-state index in [1.54, 1.807) is 29.8 Å². The number of aromatic nitrogens is 2. The molecule has 0 saturated heterocycles. The van der Waals surface area contributed by atoms with Crippen LogP contribution in [0.4, 0.5) is 11.4 Å². The molecule has 0 fully saturated rings. The molecule has 2 heterocycles. The lowest BCUT2D eigenvalue weighted by molar-refractivity contribution is 0.0982. The van der Waals surface area contributed by atoms with E-state index < -0.39 is 0 Å². The maximum absolute atomic E-state index is 13.1. The molecule has 0 aliphatic carbocycles. The zero-order valence-corrected chi connectivity index (χ0v) is 16.9. The highest BCUT2D eigenvalue weighted by Crippen LogP contribution is 2.19. The van der Waals surface area contributed by atoms with Crippen molar-refractivity contribution in [1.29, 1.82) is 0 Å². The highest BCUT2D eigenvalue weighted by Gasteiger charge is 2.24. The van der Waals surface area contributed by atoms with Gasteiger partial charge in [-0.2, -0.15) is 0 Å². The molecule has 4 rings (SSSR count). The van der Waals surface area contributed by atoms with Crippen molar-refractivity contribution >= 4 is 28.7 Å². The first-order valence-corrected chi connectivity index (χ1v) is 9.79. The van der Waals surface area contributed by atoms with Crippen LogP contribution < -0.4 is 10.2 Å². The normalized spacial score (nSPS) is 10.7. The Morgan fingerprint density at radius 3 is 2.37 bits per heavy atom. The van der Waals surface area contributed by atoms with Crippen molar-refractivity contribution in [1.82, 2.24) is 9.38 Å². The summed E-state index contributed by atoms with van der Waals surface area (Å²) in [5.41, 5.74) is 3.41. The van der Waals surface area contributed by atoms with E-state index in [9.17, 15) is 9.59 Å². The smallest absolute Gasteiger partial charge is 0.294 e. The van der Waals surface area contributed by atoms with Gasteiger partial charge < -0.3 is 10.2 Å². The summed E-state index contributed by atoms with van der Waals surface area (Å²) in [6.07, 6.45) is 2.67. The molecule has 0 radical (unpaired) electrons. The number of hydrogen-bond acceptors (Lipinski definition) is 3. The number of carbonyl (C=O) groups is 2. The topological polar surface area (TPSA) is 66.7 Å². The van der Waals surface area contributed by atoms with Crippen LogP contribution in [0.5, 0.6) is 0 Å². The molecule has 0 saturated carbocycles. The average molecular weight is 398 g/mol. The van der Waals surface area contributed by atoms with E-state index in [2.05, 4.69) is 17.2 Å². The molecule has 4 aromatic rings. The number of hydrogen-bond donors (Lipinski definition) is 1.